The molecule has 3 aromatic rings. The van der Waals surface area contributed by atoms with Crippen LogP contribution in [0.25, 0.3) is 10.9 Å². The van der Waals surface area contributed by atoms with Crippen molar-refractivity contribution in [3.05, 3.63) is 69.5 Å². The minimum Gasteiger partial charge on any atom is -0.381 e. The summed E-state index contributed by atoms with van der Waals surface area (Å²) >= 11 is 0. The fraction of sp³-hybridized carbons (Fsp3) is 0.400. The highest BCUT2D eigenvalue weighted by molar-refractivity contribution is 5.82. The molecule has 2 N–H and O–H groups in total. The summed E-state index contributed by atoms with van der Waals surface area (Å²) in [5, 5.41) is 4.49. The first-order valence-corrected chi connectivity index (χ1v) is 10.6. The lowest BCUT2D eigenvalue weighted by Gasteiger charge is -2.36. The number of hydrogen-bond donors (Lipinski definition) is 2. The van der Waals surface area contributed by atoms with E-state index < -0.39 is 0 Å². The molecule has 0 aliphatic carbocycles. The maximum Gasteiger partial charge on any atom is 0.253 e. The Balaban J connectivity index is 1.48. The van der Waals surface area contributed by atoms with Crippen molar-refractivity contribution in [3.8, 4) is 0 Å². The van der Waals surface area contributed by atoms with Gasteiger partial charge in [-0.25, -0.2) is 0 Å². The molecule has 0 amide bonds. The molecule has 0 radical (unpaired) electrons. The van der Waals surface area contributed by atoms with Crippen molar-refractivity contribution in [2.24, 2.45) is 11.8 Å². The quantitative estimate of drug-likeness (QED) is 0.641. The van der Waals surface area contributed by atoms with E-state index in [2.05, 4.69) is 72.4 Å². The highest BCUT2D eigenvalue weighted by Crippen LogP contribution is 2.27. The van der Waals surface area contributed by atoms with Gasteiger partial charge in [-0.1, -0.05) is 25.5 Å². The summed E-state index contributed by atoms with van der Waals surface area (Å²) in [5.41, 5.74) is 6.29. The predicted octanol–water partition coefficient (Wildman–Crippen LogP) is 5.24. The summed E-state index contributed by atoms with van der Waals surface area (Å²) in [7, 11) is 0. The van der Waals surface area contributed by atoms with E-state index in [9.17, 15) is 4.79 Å². The minimum absolute atomic E-state index is 0.0233. The lowest BCUT2D eigenvalue weighted by atomic mass is 9.91. The van der Waals surface area contributed by atoms with E-state index in [1.54, 1.807) is 0 Å². The van der Waals surface area contributed by atoms with Gasteiger partial charge in [0.15, 0.2) is 0 Å². The van der Waals surface area contributed by atoms with Crippen LogP contribution in [-0.2, 0) is 6.54 Å². The number of H-pyrrole nitrogens is 1. The second kappa shape index (κ2) is 7.94. The Kier molecular flexibility index (Phi) is 5.35. The zero-order chi connectivity index (χ0) is 20.5. The Hall–Kier alpha value is -2.75. The van der Waals surface area contributed by atoms with Crippen molar-refractivity contribution in [2.75, 3.05) is 23.3 Å². The van der Waals surface area contributed by atoms with E-state index in [-0.39, 0.29) is 5.56 Å². The minimum atomic E-state index is -0.0233. The van der Waals surface area contributed by atoms with E-state index in [4.69, 9.17) is 0 Å². The first-order chi connectivity index (χ1) is 13.9. The van der Waals surface area contributed by atoms with Crippen LogP contribution in [0.3, 0.4) is 0 Å². The van der Waals surface area contributed by atoms with Gasteiger partial charge in [0.2, 0.25) is 0 Å². The van der Waals surface area contributed by atoms with Gasteiger partial charge in [-0.2, -0.15) is 0 Å². The molecule has 152 valence electrons. The molecule has 1 aromatic heterocycles. The summed E-state index contributed by atoms with van der Waals surface area (Å²) in [6.07, 6.45) is 1.31. The second-order valence-corrected chi connectivity index (χ2v) is 8.92. The van der Waals surface area contributed by atoms with Crippen LogP contribution in [0.4, 0.5) is 11.4 Å². The third-order valence-electron chi connectivity index (χ3n) is 5.95. The number of hydrogen-bond acceptors (Lipinski definition) is 3. The van der Waals surface area contributed by atoms with Gasteiger partial charge in [0, 0.05) is 36.6 Å². The molecule has 2 heterocycles. The molecule has 0 bridgehead atoms. The van der Waals surface area contributed by atoms with Crippen LogP contribution in [0.1, 0.15) is 37.0 Å². The smallest absolute Gasteiger partial charge is 0.253 e. The molecule has 1 aliphatic rings. The normalized spacial score (nSPS) is 19.5. The SMILES string of the molecule is Cc1cc(C)c2[nH]c(=O)c(CNc3ccc(N4C[C@H](C)C[C@H](C)C4)cc3)cc2c1. The van der Waals surface area contributed by atoms with Gasteiger partial charge in [-0.3, -0.25) is 4.79 Å². The predicted molar refractivity (Wildman–Crippen MR) is 123 cm³/mol. The number of benzene rings is 2. The van der Waals surface area contributed by atoms with Crippen molar-refractivity contribution >= 4 is 22.3 Å². The number of nitrogens with one attached hydrogen (secondary N) is 2. The molecule has 2 aromatic carbocycles. The monoisotopic (exact) mass is 389 g/mol. The number of rotatable bonds is 4. The topological polar surface area (TPSA) is 48.1 Å². The number of fused-ring (bicyclic) bond motifs is 1. The zero-order valence-corrected chi connectivity index (χ0v) is 17.9. The summed E-state index contributed by atoms with van der Waals surface area (Å²) in [5.74, 6) is 1.48. The van der Waals surface area contributed by atoms with E-state index in [1.165, 1.54) is 17.7 Å². The van der Waals surface area contributed by atoms with Crippen LogP contribution in [0.15, 0.2) is 47.3 Å². The number of nitrogens with zero attached hydrogens (tertiary/aromatic N) is 1. The Labute approximate surface area is 173 Å². The first kappa shape index (κ1) is 19.6. The number of aromatic amines is 1. The number of pyridine rings is 1. The van der Waals surface area contributed by atoms with Crippen molar-refractivity contribution in [2.45, 2.75) is 40.7 Å². The lowest BCUT2D eigenvalue weighted by Crippen LogP contribution is -2.38. The first-order valence-electron chi connectivity index (χ1n) is 10.6. The molecule has 4 rings (SSSR count). The number of aromatic nitrogens is 1. The number of aryl methyl sites for hydroxylation is 2. The Morgan fingerprint density at radius 3 is 2.41 bits per heavy atom. The molecular formula is C25H31N3O. The fourth-order valence-electron chi connectivity index (χ4n) is 4.72. The van der Waals surface area contributed by atoms with Gasteiger partial charge >= 0.3 is 0 Å². The van der Waals surface area contributed by atoms with Crippen LogP contribution in [0.2, 0.25) is 0 Å². The molecular weight excluding hydrogens is 358 g/mol. The van der Waals surface area contributed by atoms with E-state index in [1.807, 2.05) is 13.0 Å². The molecule has 0 saturated carbocycles. The molecule has 4 nitrogen and oxygen atoms in total. The molecule has 0 unspecified atom stereocenters. The van der Waals surface area contributed by atoms with Crippen LogP contribution in [0, 0.1) is 25.7 Å². The fourth-order valence-corrected chi connectivity index (χ4v) is 4.72. The van der Waals surface area contributed by atoms with Crippen LogP contribution >= 0.6 is 0 Å². The van der Waals surface area contributed by atoms with Crippen molar-refractivity contribution in [1.29, 1.82) is 0 Å². The molecule has 29 heavy (non-hydrogen) atoms. The third-order valence-corrected chi connectivity index (χ3v) is 5.95. The van der Waals surface area contributed by atoms with Crippen LogP contribution in [0.5, 0.6) is 0 Å². The van der Waals surface area contributed by atoms with Crippen molar-refractivity contribution in [3.63, 3.8) is 0 Å². The largest absolute Gasteiger partial charge is 0.381 e. The Morgan fingerprint density at radius 2 is 1.72 bits per heavy atom. The van der Waals surface area contributed by atoms with E-state index >= 15 is 0 Å². The summed E-state index contributed by atoms with van der Waals surface area (Å²) < 4.78 is 0. The molecule has 4 heteroatoms. The van der Waals surface area contributed by atoms with Crippen molar-refractivity contribution in [1.82, 2.24) is 4.98 Å². The van der Waals surface area contributed by atoms with Crippen LogP contribution < -0.4 is 15.8 Å². The molecule has 2 atom stereocenters. The standard InChI is InChI=1S/C25H31N3O/c1-16-10-19(4)24-20(11-16)12-21(25(29)27-24)13-26-22-5-7-23(8-6-22)28-14-17(2)9-18(3)15-28/h5-8,10-12,17-18,26H,9,13-15H2,1-4H3,(H,27,29)/t17-,18+. The van der Waals surface area contributed by atoms with Gasteiger partial charge in [0.05, 0.1) is 5.52 Å². The summed E-state index contributed by atoms with van der Waals surface area (Å²) in [6, 6.07) is 14.8. The third kappa shape index (κ3) is 4.31. The molecule has 1 aliphatic heterocycles. The number of anilines is 2. The average molecular weight is 390 g/mol. The highest BCUT2D eigenvalue weighted by atomic mass is 16.1. The van der Waals surface area contributed by atoms with Crippen molar-refractivity contribution < 1.29 is 0 Å². The van der Waals surface area contributed by atoms with E-state index in [0.29, 0.717) is 6.54 Å². The van der Waals surface area contributed by atoms with Gasteiger partial charge < -0.3 is 15.2 Å². The lowest BCUT2D eigenvalue weighted by molar-refractivity contribution is 0.357. The number of piperidine rings is 1. The van der Waals surface area contributed by atoms with Gasteiger partial charge in [-0.05, 0) is 79.5 Å². The molecule has 1 saturated heterocycles. The van der Waals surface area contributed by atoms with Gasteiger partial charge in [0.25, 0.3) is 5.56 Å². The Morgan fingerprint density at radius 1 is 1.03 bits per heavy atom. The molecule has 1 fully saturated rings. The molecule has 0 spiro atoms. The maximum absolute atomic E-state index is 12.5. The zero-order valence-electron chi connectivity index (χ0n) is 17.9. The summed E-state index contributed by atoms with van der Waals surface area (Å²) in [6.45, 7) is 11.6. The second-order valence-electron chi connectivity index (χ2n) is 8.92. The summed E-state index contributed by atoms with van der Waals surface area (Å²) in [4.78, 5) is 18.0. The van der Waals surface area contributed by atoms with E-state index in [0.717, 1.165) is 52.6 Å². The van der Waals surface area contributed by atoms with Crippen LogP contribution in [-0.4, -0.2) is 18.1 Å². The van der Waals surface area contributed by atoms with Gasteiger partial charge in [-0.15, -0.1) is 0 Å². The maximum atomic E-state index is 12.5. The van der Waals surface area contributed by atoms with Gasteiger partial charge in [0.1, 0.15) is 0 Å². The highest BCUT2D eigenvalue weighted by Gasteiger charge is 2.21. The Bertz CT molecular complexity index is 1060. The average Bonchev–Trinajstić information content (AvgIpc) is 2.67.